The average molecular weight is 294 g/mol. The monoisotopic (exact) mass is 294 g/mol. The van der Waals surface area contributed by atoms with Crippen LogP contribution in [0.25, 0.3) is 11.4 Å². The van der Waals surface area contributed by atoms with Crippen molar-refractivity contribution in [2.75, 3.05) is 12.0 Å². The molecule has 4 nitrogen and oxygen atoms in total. The maximum Gasteiger partial charge on any atom is 0.195 e. The van der Waals surface area contributed by atoms with Crippen LogP contribution in [0.15, 0.2) is 24.5 Å². The van der Waals surface area contributed by atoms with Crippen molar-refractivity contribution in [1.29, 1.82) is 0 Å². The molecule has 0 spiro atoms. The Kier molecular flexibility index (Phi) is 5.60. The van der Waals surface area contributed by atoms with E-state index in [2.05, 4.69) is 26.0 Å². The molecule has 2 aromatic heterocycles. The highest BCUT2D eigenvalue weighted by atomic mass is 32.2. The summed E-state index contributed by atoms with van der Waals surface area (Å²) in [4.78, 5) is 4.03. The molecular formula is C13H18N4S2. The van der Waals surface area contributed by atoms with E-state index in [9.17, 15) is 0 Å². The first-order valence-corrected chi connectivity index (χ1v) is 8.17. The van der Waals surface area contributed by atoms with Crippen LogP contribution in [0.3, 0.4) is 0 Å². The number of hydrogen-bond donors (Lipinski definition) is 1. The maximum atomic E-state index is 5.30. The summed E-state index contributed by atoms with van der Waals surface area (Å²) in [5, 5.41) is 7.19. The van der Waals surface area contributed by atoms with E-state index in [1.54, 1.807) is 12.4 Å². The van der Waals surface area contributed by atoms with Gasteiger partial charge in [0, 0.05) is 24.5 Å². The number of aromatic nitrogens is 4. The average Bonchev–Trinajstić information content (AvgIpc) is 2.81. The Labute approximate surface area is 122 Å². The lowest BCUT2D eigenvalue weighted by molar-refractivity contribution is 0.602. The molecule has 0 fully saturated rings. The predicted molar refractivity (Wildman–Crippen MR) is 82.9 cm³/mol. The van der Waals surface area contributed by atoms with Crippen molar-refractivity contribution in [3.8, 4) is 11.4 Å². The van der Waals surface area contributed by atoms with Gasteiger partial charge in [-0.25, -0.2) is 0 Å². The molecule has 2 heterocycles. The summed E-state index contributed by atoms with van der Waals surface area (Å²) < 4.78 is 2.76. The number of unbranched alkanes of at least 4 members (excludes halogenated alkanes) is 2. The summed E-state index contributed by atoms with van der Waals surface area (Å²) >= 11 is 7.20. The fourth-order valence-electron chi connectivity index (χ4n) is 1.94. The van der Waals surface area contributed by atoms with Crippen molar-refractivity contribution >= 4 is 24.0 Å². The fourth-order valence-corrected chi connectivity index (χ4v) is 2.66. The van der Waals surface area contributed by atoms with Crippen molar-refractivity contribution < 1.29 is 0 Å². The summed E-state index contributed by atoms with van der Waals surface area (Å²) in [6, 6.07) is 3.91. The summed E-state index contributed by atoms with van der Waals surface area (Å²) in [7, 11) is 0. The van der Waals surface area contributed by atoms with Crippen LogP contribution < -0.4 is 0 Å². The van der Waals surface area contributed by atoms with Gasteiger partial charge < -0.3 is 4.57 Å². The Morgan fingerprint density at radius 2 is 2.05 bits per heavy atom. The van der Waals surface area contributed by atoms with Gasteiger partial charge in [-0.05, 0) is 49.2 Å². The molecule has 0 atom stereocenters. The number of nitrogens with zero attached hydrogens (tertiary/aromatic N) is 3. The zero-order valence-electron chi connectivity index (χ0n) is 11.0. The standard InChI is InChI=1S/C13H18N4S2/c1-19-10-4-2-3-9-17-12(15-16-13(17)18)11-5-7-14-8-6-11/h5-8H,2-4,9-10H2,1H3,(H,16,18). The zero-order chi connectivity index (χ0) is 13.5. The van der Waals surface area contributed by atoms with E-state index in [0.717, 1.165) is 24.4 Å². The quantitative estimate of drug-likeness (QED) is 0.627. The number of pyridine rings is 1. The molecule has 0 aromatic carbocycles. The Hall–Kier alpha value is -1.14. The third kappa shape index (κ3) is 3.91. The van der Waals surface area contributed by atoms with Crippen LogP contribution in [0.2, 0.25) is 0 Å². The molecule has 19 heavy (non-hydrogen) atoms. The molecule has 2 rings (SSSR count). The largest absolute Gasteiger partial charge is 0.300 e. The van der Waals surface area contributed by atoms with Gasteiger partial charge in [0.2, 0.25) is 0 Å². The van der Waals surface area contributed by atoms with E-state index in [4.69, 9.17) is 12.2 Å². The second kappa shape index (κ2) is 7.45. The van der Waals surface area contributed by atoms with Crippen molar-refractivity contribution in [2.24, 2.45) is 0 Å². The molecule has 0 unspecified atom stereocenters. The first-order valence-electron chi connectivity index (χ1n) is 6.37. The smallest absolute Gasteiger partial charge is 0.195 e. The first-order chi connectivity index (χ1) is 9.33. The third-order valence-corrected chi connectivity index (χ3v) is 3.94. The van der Waals surface area contributed by atoms with Gasteiger partial charge >= 0.3 is 0 Å². The minimum absolute atomic E-state index is 0.691. The number of hydrogen-bond acceptors (Lipinski definition) is 4. The molecule has 1 N–H and O–H groups in total. The van der Waals surface area contributed by atoms with Crippen molar-refractivity contribution in [3.05, 3.63) is 29.3 Å². The summed E-state index contributed by atoms with van der Waals surface area (Å²) in [6.45, 7) is 0.918. The van der Waals surface area contributed by atoms with Gasteiger partial charge in [0.25, 0.3) is 0 Å². The Morgan fingerprint density at radius 3 is 2.79 bits per heavy atom. The molecule has 6 heteroatoms. The summed E-state index contributed by atoms with van der Waals surface area (Å²) in [5.74, 6) is 2.13. The Balaban J connectivity index is 2.04. The lowest BCUT2D eigenvalue weighted by atomic mass is 10.2. The number of nitrogens with one attached hydrogen (secondary N) is 1. The molecular weight excluding hydrogens is 276 g/mol. The zero-order valence-corrected chi connectivity index (χ0v) is 12.6. The van der Waals surface area contributed by atoms with Crippen molar-refractivity contribution in [3.63, 3.8) is 0 Å². The van der Waals surface area contributed by atoms with Crippen LogP contribution in [-0.4, -0.2) is 31.8 Å². The maximum absolute atomic E-state index is 5.30. The second-order valence-corrected chi connectivity index (χ2v) is 5.67. The van der Waals surface area contributed by atoms with Gasteiger partial charge in [0.1, 0.15) is 0 Å². The second-order valence-electron chi connectivity index (χ2n) is 4.29. The van der Waals surface area contributed by atoms with Gasteiger partial charge in [-0.3, -0.25) is 10.1 Å². The predicted octanol–water partition coefficient (Wildman–Crippen LogP) is 3.54. The SMILES string of the molecule is CSCCCCCn1c(-c2ccncc2)n[nH]c1=S. The number of H-pyrrole nitrogens is 1. The first kappa shape index (κ1) is 14.3. The van der Waals surface area contributed by atoms with E-state index in [1.807, 2.05) is 23.9 Å². The molecule has 0 saturated carbocycles. The lowest BCUT2D eigenvalue weighted by Crippen LogP contribution is -2.01. The van der Waals surface area contributed by atoms with E-state index in [0.29, 0.717) is 4.77 Å². The van der Waals surface area contributed by atoms with E-state index < -0.39 is 0 Å². The van der Waals surface area contributed by atoms with Crippen LogP contribution in [-0.2, 0) is 6.54 Å². The molecule has 0 aliphatic carbocycles. The van der Waals surface area contributed by atoms with Crippen molar-refractivity contribution in [1.82, 2.24) is 19.7 Å². The molecule has 0 aliphatic rings. The third-order valence-electron chi connectivity index (χ3n) is 2.93. The van der Waals surface area contributed by atoms with Gasteiger partial charge in [0.15, 0.2) is 10.6 Å². The van der Waals surface area contributed by atoms with E-state index >= 15 is 0 Å². The molecule has 0 aliphatic heterocycles. The van der Waals surface area contributed by atoms with Gasteiger partial charge in [-0.15, -0.1) is 0 Å². The summed E-state index contributed by atoms with van der Waals surface area (Å²) in [5.41, 5.74) is 1.05. The van der Waals surface area contributed by atoms with Crippen LogP contribution in [0.1, 0.15) is 19.3 Å². The Bertz CT molecular complexity index is 547. The van der Waals surface area contributed by atoms with E-state index in [1.165, 1.54) is 18.6 Å². The normalized spacial score (nSPS) is 10.8. The molecule has 0 radical (unpaired) electrons. The molecule has 0 saturated heterocycles. The van der Waals surface area contributed by atoms with Gasteiger partial charge in [-0.1, -0.05) is 6.42 Å². The van der Waals surface area contributed by atoms with Crippen LogP contribution in [0.5, 0.6) is 0 Å². The van der Waals surface area contributed by atoms with Gasteiger partial charge in [0.05, 0.1) is 0 Å². The minimum atomic E-state index is 0.691. The van der Waals surface area contributed by atoms with Crippen molar-refractivity contribution in [2.45, 2.75) is 25.8 Å². The summed E-state index contributed by atoms with van der Waals surface area (Å²) in [6.07, 6.45) is 9.31. The number of rotatable bonds is 7. The molecule has 0 bridgehead atoms. The topological polar surface area (TPSA) is 46.5 Å². The fraction of sp³-hybridized carbons (Fsp3) is 0.462. The highest BCUT2D eigenvalue weighted by Gasteiger charge is 2.07. The molecule has 0 amide bonds. The number of thioether (sulfide) groups is 1. The molecule has 2 aromatic rings. The van der Waals surface area contributed by atoms with Crippen LogP contribution in [0, 0.1) is 4.77 Å². The molecule has 102 valence electrons. The highest BCUT2D eigenvalue weighted by Crippen LogP contribution is 2.17. The number of aromatic amines is 1. The lowest BCUT2D eigenvalue weighted by Gasteiger charge is -2.06. The van der Waals surface area contributed by atoms with E-state index in [-0.39, 0.29) is 0 Å². The van der Waals surface area contributed by atoms with Crippen LogP contribution >= 0.6 is 24.0 Å². The van der Waals surface area contributed by atoms with Crippen LogP contribution in [0.4, 0.5) is 0 Å². The van der Waals surface area contributed by atoms with Gasteiger partial charge in [-0.2, -0.15) is 16.9 Å². The highest BCUT2D eigenvalue weighted by molar-refractivity contribution is 7.98. The Morgan fingerprint density at radius 1 is 1.26 bits per heavy atom. The minimum Gasteiger partial charge on any atom is -0.300 e.